The van der Waals surface area contributed by atoms with Crippen molar-refractivity contribution >= 4 is 23.5 Å². The minimum atomic E-state index is -0.154. The van der Waals surface area contributed by atoms with Crippen molar-refractivity contribution in [3.63, 3.8) is 0 Å². The summed E-state index contributed by atoms with van der Waals surface area (Å²) in [6, 6.07) is 26.3. The normalized spacial score (nSPS) is 15.6. The van der Waals surface area contributed by atoms with Gasteiger partial charge >= 0.3 is 6.03 Å². The van der Waals surface area contributed by atoms with Crippen molar-refractivity contribution in [3.8, 4) is 17.6 Å². The second-order valence-corrected chi connectivity index (χ2v) is 7.71. The first-order valence-corrected chi connectivity index (χ1v) is 10.3. The van der Waals surface area contributed by atoms with E-state index in [2.05, 4.69) is 11.4 Å². The number of nitriles is 1. The minimum Gasteiger partial charge on any atom is -0.457 e. The van der Waals surface area contributed by atoms with Crippen LogP contribution in [0.2, 0.25) is 0 Å². The number of urea groups is 1. The Bertz CT molecular complexity index is 1030. The van der Waals surface area contributed by atoms with Crippen molar-refractivity contribution in [1.82, 2.24) is 4.90 Å². The van der Waals surface area contributed by atoms with Crippen molar-refractivity contribution in [2.24, 2.45) is 0 Å². The molecule has 0 aliphatic carbocycles. The third kappa shape index (κ3) is 4.53. The topological polar surface area (TPSA) is 65.4 Å². The number of carbonyl (C=O) groups excluding carboxylic acids is 1. The van der Waals surface area contributed by atoms with Crippen LogP contribution in [0.1, 0.15) is 16.5 Å². The number of rotatable bonds is 4. The van der Waals surface area contributed by atoms with Gasteiger partial charge in [-0.25, -0.2) is 4.79 Å². The molecule has 1 atom stereocenters. The van der Waals surface area contributed by atoms with E-state index in [0.717, 1.165) is 22.8 Å². The maximum Gasteiger partial charge on any atom is 0.323 e. The van der Waals surface area contributed by atoms with Crippen LogP contribution in [0.15, 0.2) is 78.9 Å². The number of carbonyl (C=O) groups is 1. The van der Waals surface area contributed by atoms with Gasteiger partial charge in [0.1, 0.15) is 16.9 Å². The molecule has 1 aliphatic rings. The van der Waals surface area contributed by atoms with Crippen molar-refractivity contribution in [2.45, 2.75) is 5.37 Å². The van der Waals surface area contributed by atoms with E-state index in [-0.39, 0.29) is 11.4 Å². The average molecular weight is 401 g/mol. The highest BCUT2D eigenvalue weighted by molar-refractivity contribution is 7.99. The highest BCUT2D eigenvalue weighted by Crippen LogP contribution is 2.39. The van der Waals surface area contributed by atoms with Crippen molar-refractivity contribution < 1.29 is 9.53 Å². The Morgan fingerprint density at radius 2 is 1.79 bits per heavy atom. The summed E-state index contributed by atoms with van der Waals surface area (Å²) in [6.45, 7) is 0.668. The second kappa shape index (κ2) is 8.72. The lowest BCUT2D eigenvalue weighted by molar-refractivity contribution is 0.214. The fourth-order valence-corrected chi connectivity index (χ4v) is 4.38. The number of hydrogen-bond acceptors (Lipinski definition) is 4. The summed E-state index contributed by atoms with van der Waals surface area (Å²) in [6.07, 6.45) is 0. The molecular weight excluding hydrogens is 382 g/mol. The molecule has 1 aliphatic heterocycles. The smallest absolute Gasteiger partial charge is 0.323 e. The summed E-state index contributed by atoms with van der Waals surface area (Å²) in [4.78, 5) is 14.7. The lowest BCUT2D eigenvalue weighted by atomic mass is 10.2. The molecule has 0 unspecified atom stereocenters. The van der Waals surface area contributed by atoms with Crippen LogP contribution in [0.4, 0.5) is 10.5 Å². The number of anilines is 1. The van der Waals surface area contributed by atoms with Gasteiger partial charge in [0.05, 0.1) is 11.6 Å². The summed E-state index contributed by atoms with van der Waals surface area (Å²) in [5, 5.41) is 11.7. The van der Waals surface area contributed by atoms with Gasteiger partial charge in [-0.1, -0.05) is 30.3 Å². The molecule has 3 aromatic rings. The van der Waals surface area contributed by atoms with Crippen LogP contribution in [-0.4, -0.2) is 23.2 Å². The molecule has 1 heterocycles. The van der Waals surface area contributed by atoms with E-state index < -0.39 is 0 Å². The number of para-hydroxylation sites is 1. The van der Waals surface area contributed by atoms with Gasteiger partial charge in [0.2, 0.25) is 0 Å². The summed E-state index contributed by atoms with van der Waals surface area (Å²) in [5.41, 5.74) is 2.26. The minimum absolute atomic E-state index is 0.0762. The molecule has 29 heavy (non-hydrogen) atoms. The molecule has 0 spiro atoms. The maximum absolute atomic E-state index is 12.8. The lowest BCUT2D eigenvalue weighted by Gasteiger charge is -2.24. The number of amides is 2. The van der Waals surface area contributed by atoms with Crippen molar-refractivity contribution in [2.75, 3.05) is 17.6 Å². The molecule has 2 amide bonds. The summed E-state index contributed by atoms with van der Waals surface area (Å²) >= 11 is 1.73. The van der Waals surface area contributed by atoms with Crippen LogP contribution in [0.25, 0.3) is 0 Å². The molecule has 1 fully saturated rings. The monoisotopic (exact) mass is 401 g/mol. The molecular formula is C23H19N3O2S. The number of benzene rings is 3. The fourth-order valence-electron chi connectivity index (χ4n) is 3.13. The zero-order chi connectivity index (χ0) is 20.1. The fraction of sp³-hybridized carbons (Fsp3) is 0.130. The first-order chi connectivity index (χ1) is 14.2. The van der Waals surface area contributed by atoms with E-state index in [0.29, 0.717) is 17.8 Å². The maximum atomic E-state index is 12.8. The van der Waals surface area contributed by atoms with Gasteiger partial charge in [0.15, 0.2) is 0 Å². The van der Waals surface area contributed by atoms with Crippen molar-refractivity contribution in [3.05, 3.63) is 90.0 Å². The second-order valence-electron chi connectivity index (χ2n) is 6.52. The highest BCUT2D eigenvalue weighted by Gasteiger charge is 2.31. The largest absolute Gasteiger partial charge is 0.457 e. The zero-order valence-electron chi connectivity index (χ0n) is 15.6. The predicted molar refractivity (Wildman–Crippen MR) is 115 cm³/mol. The van der Waals surface area contributed by atoms with Crippen LogP contribution in [0.3, 0.4) is 0 Å². The molecule has 5 nitrogen and oxygen atoms in total. The van der Waals surface area contributed by atoms with Gasteiger partial charge < -0.3 is 15.0 Å². The third-order valence-electron chi connectivity index (χ3n) is 4.54. The van der Waals surface area contributed by atoms with Crippen LogP contribution in [0.5, 0.6) is 11.5 Å². The molecule has 0 aromatic heterocycles. The van der Waals surface area contributed by atoms with Gasteiger partial charge in [-0.3, -0.25) is 0 Å². The van der Waals surface area contributed by atoms with Gasteiger partial charge in [0, 0.05) is 18.0 Å². The lowest BCUT2D eigenvalue weighted by Crippen LogP contribution is -2.34. The van der Waals surface area contributed by atoms with E-state index in [4.69, 9.17) is 10.00 Å². The Balaban J connectivity index is 1.48. The van der Waals surface area contributed by atoms with Gasteiger partial charge in [-0.15, -0.1) is 11.8 Å². The average Bonchev–Trinajstić information content (AvgIpc) is 3.25. The molecule has 0 radical (unpaired) electrons. The molecule has 4 rings (SSSR count). The Hall–Kier alpha value is -3.43. The standard InChI is InChI=1S/C23H19N3O2S/c24-16-17-9-11-19(12-10-17)25-23(27)26-13-14-29-22(26)18-5-4-8-21(15-18)28-20-6-2-1-3-7-20/h1-12,15,22H,13-14H2,(H,25,27)/t22-/m0/s1. The SMILES string of the molecule is N#Cc1ccc(NC(=O)N2CCS[C@H]2c2cccc(Oc3ccccc3)c2)cc1. The Labute approximate surface area is 173 Å². The Morgan fingerprint density at radius 3 is 2.55 bits per heavy atom. The van der Waals surface area contributed by atoms with Crippen molar-refractivity contribution in [1.29, 1.82) is 5.26 Å². The molecule has 0 bridgehead atoms. The third-order valence-corrected chi connectivity index (χ3v) is 5.80. The summed E-state index contributed by atoms with van der Waals surface area (Å²) in [5.74, 6) is 2.39. The highest BCUT2D eigenvalue weighted by atomic mass is 32.2. The van der Waals surface area contributed by atoms with Crippen LogP contribution >= 0.6 is 11.8 Å². The Morgan fingerprint density at radius 1 is 1.03 bits per heavy atom. The molecule has 0 saturated carbocycles. The van der Waals surface area contributed by atoms with Gasteiger partial charge in [-0.2, -0.15) is 5.26 Å². The quantitative estimate of drug-likeness (QED) is 0.615. The first-order valence-electron chi connectivity index (χ1n) is 9.25. The first kappa shape index (κ1) is 18.9. The van der Waals surface area contributed by atoms with Gasteiger partial charge in [0.25, 0.3) is 0 Å². The van der Waals surface area contributed by atoms with Gasteiger partial charge in [-0.05, 0) is 54.1 Å². The number of thioether (sulfide) groups is 1. The number of nitrogens with zero attached hydrogens (tertiary/aromatic N) is 2. The Kier molecular flexibility index (Phi) is 5.68. The molecule has 144 valence electrons. The number of nitrogens with one attached hydrogen (secondary N) is 1. The van der Waals surface area contributed by atoms with Crippen LogP contribution in [0, 0.1) is 11.3 Å². The van der Waals surface area contributed by atoms with E-state index in [1.54, 1.807) is 36.0 Å². The van der Waals surface area contributed by atoms with Crippen LogP contribution in [-0.2, 0) is 0 Å². The summed E-state index contributed by atoms with van der Waals surface area (Å²) in [7, 11) is 0. The van der Waals surface area contributed by atoms with Crippen LogP contribution < -0.4 is 10.1 Å². The van der Waals surface area contributed by atoms with E-state index in [9.17, 15) is 4.79 Å². The van der Waals surface area contributed by atoms with E-state index in [1.165, 1.54) is 0 Å². The predicted octanol–water partition coefficient (Wildman–Crippen LogP) is 5.63. The molecule has 6 heteroatoms. The number of hydrogen-bond donors (Lipinski definition) is 1. The van der Waals surface area contributed by atoms with E-state index in [1.807, 2.05) is 59.5 Å². The van der Waals surface area contributed by atoms with E-state index >= 15 is 0 Å². The molecule has 1 saturated heterocycles. The summed E-state index contributed by atoms with van der Waals surface area (Å²) < 4.78 is 5.94. The number of ether oxygens (including phenoxy) is 1. The molecule has 1 N–H and O–H groups in total. The molecule has 3 aromatic carbocycles. The zero-order valence-corrected chi connectivity index (χ0v) is 16.4.